The SMILES string of the molecule is CC(F)(F)c1ccc(C(=O)Cc2cccc3nccnc23)cc1. The molecule has 0 fully saturated rings. The van der Waals surface area contributed by atoms with Gasteiger partial charge in [0.25, 0.3) is 5.92 Å². The largest absolute Gasteiger partial charge is 0.294 e. The molecule has 0 unspecified atom stereocenters. The summed E-state index contributed by atoms with van der Waals surface area (Å²) in [5, 5.41) is 0. The second-order valence-corrected chi connectivity index (χ2v) is 5.41. The zero-order valence-electron chi connectivity index (χ0n) is 12.5. The van der Waals surface area contributed by atoms with Gasteiger partial charge in [0.2, 0.25) is 0 Å². The normalized spacial score (nSPS) is 11.6. The van der Waals surface area contributed by atoms with E-state index in [9.17, 15) is 13.6 Å². The Kier molecular flexibility index (Phi) is 3.86. The summed E-state index contributed by atoms with van der Waals surface area (Å²) in [6.07, 6.45) is 3.32. The topological polar surface area (TPSA) is 42.9 Å². The quantitative estimate of drug-likeness (QED) is 0.679. The molecule has 0 aliphatic carbocycles. The molecule has 0 saturated heterocycles. The predicted molar refractivity (Wildman–Crippen MR) is 83.6 cm³/mol. The van der Waals surface area contributed by atoms with E-state index in [1.54, 1.807) is 12.4 Å². The van der Waals surface area contributed by atoms with Crippen LogP contribution in [0, 0.1) is 0 Å². The van der Waals surface area contributed by atoms with Crippen LogP contribution in [0.5, 0.6) is 0 Å². The Labute approximate surface area is 132 Å². The van der Waals surface area contributed by atoms with Gasteiger partial charge in [-0.3, -0.25) is 14.8 Å². The minimum Gasteiger partial charge on any atom is -0.294 e. The summed E-state index contributed by atoms with van der Waals surface area (Å²) in [4.78, 5) is 20.8. The number of para-hydroxylation sites is 1. The van der Waals surface area contributed by atoms with Gasteiger partial charge in [0.05, 0.1) is 11.0 Å². The molecule has 0 aliphatic rings. The van der Waals surface area contributed by atoms with Crippen LogP contribution in [-0.2, 0) is 12.3 Å². The summed E-state index contributed by atoms with van der Waals surface area (Å²) in [5.74, 6) is -3.05. The van der Waals surface area contributed by atoms with Crippen LogP contribution in [0.1, 0.15) is 28.4 Å². The molecule has 23 heavy (non-hydrogen) atoms. The molecule has 2 aromatic carbocycles. The molecule has 3 rings (SSSR count). The summed E-state index contributed by atoms with van der Waals surface area (Å²) in [5.41, 5.74) is 2.47. The summed E-state index contributed by atoms with van der Waals surface area (Å²) in [6.45, 7) is 0.832. The van der Waals surface area contributed by atoms with Crippen LogP contribution in [0.25, 0.3) is 11.0 Å². The molecule has 0 aliphatic heterocycles. The maximum Gasteiger partial charge on any atom is 0.270 e. The van der Waals surface area contributed by atoms with Crippen LogP contribution in [-0.4, -0.2) is 15.8 Å². The fourth-order valence-corrected chi connectivity index (χ4v) is 2.42. The number of halogens is 2. The highest BCUT2D eigenvalue weighted by Crippen LogP contribution is 2.27. The number of hydrogen-bond acceptors (Lipinski definition) is 3. The molecular weight excluding hydrogens is 298 g/mol. The Bertz CT molecular complexity index is 850. The molecule has 1 heterocycles. The van der Waals surface area contributed by atoms with E-state index in [2.05, 4.69) is 9.97 Å². The van der Waals surface area contributed by atoms with Gasteiger partial charge in [0, 0.05) is 36.9 Å². The van der Waals surface area contributed by atoms with E-state index in [0.29, 0.717) is 11.1 Å². The zero-order chi connectivity index (χ0) is 16.4. The molecule has 0 radical (unpaired) electrons. The molecule has 0 saturated carbocycles. The fraction of sp³-hybridized carbons (Fsp3) is 0.167. The predicted octanol–water partition coefficient (Wildman–Crippen LogP) is 4.17. The summed E-state index contributed by atoms with van der Waals surface area (Å²) < 4.78 is 26.4. The van der Waals surface area contributed by atoms with Crippen LogP contribution < -0.4 is 0 Å². The molecule has 3 aromatic rings. The average molecular weight is 312 g/mol. The van der Waals surface area contributed by atoms with Crippen molar-refractivity contribution in [2.24, 2.45) is 0 Å². The highest BCUT2D eigenvalue weighted by atomic mass is 19.3. The standard InChI is InChI=1S/C18H14F2N2O/c1-18(19,20)14-7-5-12(6-8-14)16(23)11-13-3-2-4-15-17(13)22-10-9-21-15/h2-10H,11H2,1H3. The van der Waals surface area contributed by atoms with E-state index in [0.717, 1.165) is 18.0 Å². The average Bonchev–Trinajstić information content (AvgIpc) is 2.54. The molecule has 0 atom stereocenters. The van der Waals surface area contributed by atoms with Gasteiger partial charge in [-0.2, -0.15) is 0 Å². The Morgan fingerprint density at radius 1 is 1.04 bits per heavy atom. The lowest BCUT2D eigenvalue weighted by atomic mass is 9.99. The number of aromatic nitrogens is 2. The van der Waals surface area contributed by atoms with Gasteiger partial charge in [-0.25, -0.2) is 8.78 Å². The molecule has 0 amide bonds. The van der Waals surface area contributed by atoms with Crippen molar-refractivity contribution in [2.45, 2.75) is 19.3 Å². The minimum atomic E-state index is -2.91. The van der Waals surface area contributed by atoms with E-state index in [1.807, 2.05) is 18.2 Å². The maximum atomic E-state index is 13.2. The summed E-state index contributed by atoms with van der Waals surface area (Å²) >= 11 is 0. The second kappa shape index (κ2) is 5.83. The minimum absolute atomic E-state index is 0.106. The summed E-state index contributed by atoms with van der Waals surface area (Å²) in [7, 11) is 0. The fourth-order valence-electron chi connectivity index (χ4n) is 2.42. The van der Waals surface area contributed by atoms with Gasteiger partial charge in [-0.1, -0.05) is 36.4 Å². The Balaban J connectivity index is 1.86. The number of fused-ring (bicyclic) bond motifs is 1. The van der Waals surface area contributed by atoms with Gasteiger partial charge in [-0.05, 0) is 11.6 Å². The van der Waals surface area contributed by atoms with Gasteiger partial charge in [0.1, 0.15) is 0 Å². The third kappa shape index (κ3) is 3.23. The molecular formula is C18H14F2N2O. The first-order chi connectivity index (χ1) is 10.9. The summed E-state index contributed by atoms with van der Waals surface area (Å²) in [6, 6.07) is 10.9. The maximum absolute atomic E-state index is 13.2. The third-order valence-electron chi connectivity index (χ3n) is 3.65. The number of carbonyl (C=O) groups is 1. The molecule has 1 aromatic heterocycles. The molecule has 116 valence electrons. The van der Waals surface area contributed by atoms with Crippen molar-refractivity contribution >= 4 is 16.8 Å². The lowest BCUT2D eigenvalue weighted by molar-refractivity contribution is 0.0174. The van der Waals surface area contributed by atoms with Gasteiger partial charge in [-0.15, -0.1) is 0 Å². The number of Topliss-reactive ketones (excluding diaryl/α,β-unsaturated/α-hetero) is 1. The number of rotatable bonds is 4. The van der Waals surface area contributed by atoms with Gasteiger partial charge in [0.15, 0.2) is 5.78 Å². The Hall–Kier alpha value is -2.69. The van der Waals surface area contributed by atoms with Crippen molar-refractivity contribution in [1.29, 1.82) is 0 Å². The van der Waals surface area contributed by atoms with Crippen molar-refractivity contribution in [3.63, 3.8) is 0 Å². The number of carbonyl (C=O) groups excluding carboxylic acids is 1. The van der Waals surface area contributed by atoms with Gasteiger partial charge >= 0.3 is 0 Å². The number of benzene rings is 2. The molecule has 0 bridgehead atoms. The van der Waals surface area contributed by atoms with Crippen molar-refractivity contribution in [2.75, 3.05) is 0 Å². The van der Waals surface area contributed by atoms with Crippen molar-refractivity contribution in [3.05, 3.63) is 71.5 Å². The number of ketones is 1. The van der Waals surface area contributed by atoms with E-state index >= 15 is 0 Å². The lowest BCUT2D eigenvalue weighted by Crippen LogP contribution is -2.09. The first-order valence-electron chi connectivity index (χ1n) is 7.15. The molecule has 0 N–H and O–H groups in total. The smallest absolute Gasteiger partial charge is 0.270 e. The number of hydrogen-bond donors (Lipinski definition) is 0. The molecule has 5 heteroatoms. The monoisotopic (exact) mass is 312 g/mol. The zero-order valence-corrected chi connectivity index (χ0v) is 12.5. The van der Waals surface area contributed by atoms with Crippen molar-refractivity contribution in [3.8, 4) is 0 Å². The van der Waals surface area contributed by atoms with Gasteiger partial charge < -0.3 is 0 Å². The third-order valence-corrected chi connectivity index (χ3v) is 3.65. The van der Waals surface area contributed by atoms with Crippen molar-refractivity contribution in [1.82, 2.24) is 9.97 Å². The van der Waals surface area contributed by atoms with E-state index in [4.69, 9.17) is 0 Å². The van der Waals surface area contributed by atoms with Crippen LogP contribution in [0.3, 0.4) is 0 Å². The number of alkyl halides is 2. The van der Waals surface area contributed by atoms with Crippen molar-refractivity contribution < 1.29 is 13.6 Å². The van der Waals surface area contributed by atoms with E-state index < -0.39 is 5.92 Å². The number of nitrogens with zero attached hydrogens (tertiary/aromatic N) is 2. The first-order valence-corrected chi connectivity index (χ1v) is 7.15. The first kappa shape index (κ1) is 15.2. The Morgan fingerprint density at radius 3 is 2.43 bits per heavy atom. The molecule has 3 nitrogen and oxygen atoms in total. The van der Waals surface area contributed by atoms with E-state index in [-0.39, 0.29) is 17.8 Å². The lowest BCUT2D eigenvalue weighted by Gasteiger charge is -2.11. The highest BCUT2D eigenvalue weighted by molar-refractivity contribution is 5.99. The van der Waals surface area contributed by atoms with E-state index in [1.165, 1.54) is 24.3 Å². The van der Waals surface area contributed by atoms with Crippen LogP contribution >= 0.6 is 0 Å². The molecule has 0 spiro atoms. The highest BCUT2D eigenvalue weighted by Gasteiger charge is 2.24. The van der Waals surface area contributed by atoms with Crippen LogP contribution in [0.4, 0.5) is 8.78 Å². The van der Waals surface area contributed by atoms with Crippen LogP contribution in [0.2, 0.25) is 0 Å². The second-order valence-electron chi connectivity index (χ2n) is 5.41. The Morgan fingerprint density at radius 2 is 1.74 bits per heavy atom. The van der Waals surface area contributed by atoms with Crippen LogP contribution in [0.15, 0.2) is 54.9 Å².